The summed E-state index contributed by atoms with van der Waals surface area (Å²) < 4.78 is 9.99. The number of ether oxygens (including phenoxy) is 2. The summed E-state index contributed by atoms with van der Waals surface area (Å²) in [6, 6.07) is 4.51. The van der Waals surface area contributed by atoms with E-state index in [2.05, 4.69) is 0 Å². The highest BCUT2D eigenvalue weighted by Crippen LogP contribution is 2.29. The van der Waals surface area contributed by atoms with Gasteiger partial charge in [-0.25, -0.2) is 4.79 Å². The molecule has 1 aromatic carbocycles. The molecule has 0 aliphatic carbocycles. The molecule has 0 heterocycles. The number of carbonyl (C=O) groups excluding carboxylic acids is 1. The van der Waals surface area contributed by atoms with Crippen molar-refractivity contribution in [3.8, 4) is 11.5 Å². The summed E-state index contributed by atoms with van der Waals surface area (Å²) in [5.41, 5.74) is 0. The Morgan fingerprint density at radius 3 is 2.53 bits per heavy atom. The minimum absolute atomic E-state index is 0.0913. The Morgan fingerprint density at radius 1 is 1.41 bits per heavy atom. The fourth-order valence-electron chi connectivity index (χ4n) is 1.14. The number of hydrogen-bond donors (Lipinski definition) is 1. The molecule has 0 saturated heterocycles. The highest BCUT2D eigenvalue weighted by atomic mass is 35.5. The van der Waals surface area contributed by atoms with Gasteiger partial charge in [-0.05, 0) is 19.1 Å². The Labute approximate surface area is 103 Å². The van der Waals surface area contributed by atoms with E-state index in [0.29, 0.717) is 5.75 Å². The number of Topliss-reactive ketones (excluding diaryl/α,β-unsaturated/α-hetero) is 1. The van der Waals surface area contributed by atoms with Crippen LogP contribution in [0.2, 0.25) is 5.02 Å². The summed E-state index contributed by atoms with van der Waals surface area (Å²) in [7, 11) is 1.45. The highest BCUT2D eigenvalue weighted by molar-refractivity contribution is 6.32. The number of carboxylic acid groups (broad SMARTS) is 1. The first-order chi connectivity index (χ1) is 7.95. The van der Waals surface area contributed by atoms with E-state index < -0.39 is 17.9 Å². The fraction of sp³-hybridized carbons (Fsp3) is 0.273. The maximum Gasteiger partial charge on any atom is 0.352 e. The van der Waals surface area contributed by atoms with Gasteiger partial charge in [0.2, 0.25) is 0 Å². The SMILES string of the molecule is COc1ccc(Cl)c(OC(C(C)=O)C(=O)O)c1. The minimum Gasteiger partial charge on any atom is -0.497 e. The Kier molecular flexibility index (Phi) is 4.34. The largest absolute Gasteiger partial charge is 0.497 e. The first-order valence-corrected chi connectivity index (χ1v) is 5.07. The van der Waals surface area contributed by atoms with Crippen molar-refractivity contribution in [2.75, 3.05) is 7.11 Å². The lowest BCUT2D eigenvalue weighted by atomic mass is 10.2. The maximum absolute atomic E-state index is 11.1. The summed E-state index contributed by atoms with van der Waals surface area (Å²) in [4.78, 5) is 21.9. The van der Waals surface area contributed by atoms with Gasteiger partial charge >= 0.3 is 5.97 Å². The zero-order valence-electron chi connectivity index (χ0n) is 9.27. The molecule has 0 spiro atoms. The lowest BCUT2D eigenvalue weighted by Crippen LogP contribution is -2.33. The van der Waals surface area contributed by atoms with Crippen molar-refractivity contribution in [3.63, 3.8) is 0 Å². The number of ketones is 1. The summed E-state index contributed by atoms with van der Waals surface area (Å²) in [6.45, 7) is 1.13. The zero-order valence-corrected chi connectivity index (χ0v) is 10.0. The molecule has 1 atom stereocenters. The van der Waals surface area contributed by atoms with Gasteiger partial charge in [0.1, 0.15) is 11.5 Å². The van der Waals surface area contributed by atoms with Crippen LogP contribution in [0.3, 0.4) is 0 Å². The predicted octanol–water partition coefficient (Wildman–Crippen LogP) is 1.77. The summed E-state index contributed by atoms with van der Waals surface area (Å²) >= 11 is 5.82. The normalized spacial score (nSPS) is 11.7. The van der Waals surface area contributed by atoms with Crippen LogP contribution in [-0.2, 0) is 9.59 Å². The van der Waals surface area contributed by atoms with Crippen molar-refractivity contribution in [3.05, 3.63) is 23.2 Å². The standard InChI is InChI=1S/C11H11ClO5/c1-6(13)10(11(14)15)17-9-5-7(16-2)3-4-8(9)12/h3-5,10H,1-2H3,(H,14,15). The second kappa shape index (κ2) is 5.54. The van der Waals surface area contributed by atoms with Gasteiger partial charge in [0.25, 0.3) is 6.10 Å². The van der Waals surface area contributed by atoms with E-state index in [-0.39, 0.29) is 10.8 Å². The smallest absolute Gasteiger partial charge is 0.352 e. The molecule has 1 unspecified atom stereocenters. The molecule has 0 aromatic heterocycles. The van der Waals surface area contributed by atoms with Gasteiger partial charge < -0.3 is 14.6 Å². The van der Waals surface area contributed by atoms with Crippen LogP contribution in [0.25, 0.3) is 0 Å². The van der Waals surface area contributed by atoms with Crippen molar-refractivity contribution >= 4 is 23.4 Å². The minimum atomic E-state index is -1.57. The van der Waals surface area contributed by atoms with Crippen LogP contribution in [0.1, 0.15) is 6.92 Å². The molecule has 0 fully saturated rings. The van der Waals surface area contributed by atoms with Gasteiger partial charge in [-0.15, -0.1) is 0 Å². The number of benzene rings is 1. The lowest BCUT2D eigenvalue weighted by Gasteiger charge is -2.14. The van der Waals surface area contributed by atoms with Gasteiger partial charge in [-0.2, -0.15) is 0 Å². The molecule has 0 saturated carbocycles. The van der Waals surface area contributed by atoms with E-state index in [4.69, 9.17) is 26.2 Å². The van der Waals surface area contributed by atoms with Crippen LogP contribution >= 0.6 is 11.6 Å². The number of carbonyl (C=O) groups is 2. The molecule has 0 aliphatic rings. The molecule has 17 heavy (non-hydrogen) atoms. The van der Waals surface area contributed by atoms with E-state index in [1.54, 1.807) is 6.07 Å². The first kappa shape index (κ1) is 13.3. The molecular formula is C11H11ClO5. The first-order valence-electron chi connectivity index (χ1n) is 4.69. The van der Waals surface area contributed by atoms with Crippen LogP contribution in [0.4, 0.5) is 0 Å². The van der Waals surface area contributed by atoms with Crippen LogP contribution in [0.15, 0.2) is 18.2 Å². The summed E-state index contributed by atoms with van der Waals surface area (Å²) in [6.07, 6.45) is -1.57. The topological polar surface area (TPSA) is 72.8 Å². The zero-order chi connectivity index (χ0) is 13.0. The van der Waals surface area contributed by atoms with Gasteiger partial charge in [-0.1, -0.05) is 11.6 Å². The maximum atomic E-state index is 11.1. The predicted molar refractivity (Wildman–Crippen MR) is 60.7 cm³/mol. The molecular weight excluding hydrogens is 248 g/mol. The average molecular weight is 259 g/mol. The van der Waals surface area contributed by atoms with Gasteiger partial charge in [0.05, 0.1) is 12.1 Å². The van der Waals surface area contributed by atoms with Gasteiger partial charge in [0, 0.05) is 6.07 Å². The van der Waals surface area contributed by atoms with Crippen molar-refractivity contribution in [1.82, 2.24) is 0 Å². The molecule has 1 rings (SSSR count). The van der Waals surface area contributed by atoms with Crippen LogP contribution < -0.4 is 9.47 Å². The van der Waals surface area contributed by atoms with E-state index in [1.807, 2.05) is 0 Å². The van der Waals surface area contributed by atoms with E-state index in [9.17, 15) is 9.59 Å². The van der Waals surface area contributed by atoms with Gasteiger partial charge in [0.15, 0.2) is 5.78 Å². The average Bonchev–Trinajstić information content (AvgIpc) is 2.27. The molecule has 0 radical (unpaired) electrons. The molecule has 0 aliphatic heterocycles. The van der Waals surface area contributed by atoms with Crippen molar-refractivity contribution < 1.29 is 24.2 Å². The molecule has 0 amide bonds. The second-order valence-corrected chi connectivity index (χ2v) is 3.65. The Bertz CT molecular complexity index is 429. The monoisotopic (exact) mass is 258 g/mol. The van der Waals surface area contributed by atoms with E-state index >= 15 is 0 Å². The molecule has 92 valence electrons. The number of rotatable bonds is 5. The third kappa shape index (κ3) is 3.35. The molecule has 5 nitrogen and oxygen atoms in total. The lowest BCUT2D eigenvalue weighted by molar-refractivity contribution is -0.149. The van der Waals surface area contributed by atoms with Crippen molar-refractivity contribution in [2.24, 2.45) is 0 Å². The Morgan fingerprint density at radius 2 is 2.06 bits per heavy atom. The quantitative estimate of drug-likeness (QED) is 0.815. The van der Waals surface area contributed by atoms with E-state index in [0.717, 1.165) is 6.92 Å². The molecule has 1 N–H and O–H groups in total. The Balaban J connectivity index is 3.00. The van der Waals surface area contributed by atoms with Crippen LogP contribution in [-0.4, -0.2) is 30.1 Å². The number of hydrogen-bond acceptors (Lipinski definition) is 4. The summed E-state index contributed by atoms with van der Waals surface area (Å²) in [5.74, 6) is -1.43. The third-order valence-corrected chi connectivity index (χ3v) is 2.29. The fourth-order valence-corrected chi connectivity index (χ4v) is 1.30. The number of halogens is 1. The Hall–Kier alpha value is -1.75. The van der Waals surface area contributed by atoms with Crippen LogP contribution in [0, 0.1) is 0 Å². The number of carboxylic acids is 1. The van der Waals surface area contributed by atoms with Gasteiger partial charge in [-0.3, -0.25) is 4.79 Å². The number of methoxy groups -OCH3 is 1. The molecule has 1 aromatic rings. The number of aliphatic carboxylic acids is 1. The molecule has 0 bridgehead atoms. The van der Waals surface area contributed by atoms with Crippen LogP contribution in [0.5, 0.6) is 11.5 Å². The second-order valence-electron chi connectivity index (χ2n) is 3.24. The van der Waals surface area contributed by atoms with Crippen molar-refractivity contribution in [1.29, 1.82) is 0 Å². The highest BCUT2D eigenvalue weighted by Gasteiger charge is 2.25. The third-order valence-electron chi connectivity index (χ3n) is 1.98. The summed E-state index contributed by atoms with van der Waals surface area (Å²) in [5, 5.41) is 9.01. The van der Waals surface area contributed by atoms with Crippen molar-refractivity contribution in [2.45, 2.75) is 13.0 Å². The van der Waals surface area contributed by atoms with E-state index in [1.165, 1.54) is 19.2 Å². The molecule has 6 heteroatoms.